The van der Waals surface area contributed by atoms with E-state index in [9.17, 15) is 8.42 Å². The van der Waals surface area contributed by atoms with Crippen molar-refractivity contribution in [2.45, 2.75) is 57.3 Å². The molecule has 0 spiro atoms. The molecule has 1 atom stereocenters. The SMILES string of the molecule is CC[C@@H](C)c1ccc(S(=O)(=O)Nc2cc(C(C)(C)C)ccc2OC)cc1. The molecular formula is C21H29NO3S. The van der Waals surface area contributed by atoms with Crippen molar-refractivity contribution in [2.75, 3.05) is 11.8 Å². The molecule has 0 bridgehead atoms. The lowest BCUT2D eigenvalue weighted by atomic mass is 9.87. The van der Waals surface area contributed by atoms with E-state index in [0.29, 0.717) is 17.4 Å². The van der Waals surface area contributed by atoms with Crippen LogP contribution in [0.4, 0.5) is 5.69 Å². The highest BCUT2D eigenvalue weighted by Gasteiger charge is 2.20. The van der Waals surface area contributed by atoms with E-state index in [0.717, 1.165) is 17.5 Å². The van der Waals surface area contributed by atoms with Crippen LogP contribution in [0.15, 0.2) is 47.4 Å². The second kappa shape index (κ2) is 7.70. The molecule has 0 aliphatic carbocycles. The maximum absolute atomic E-state index is 12.8. The number of hydrogen-bond acceptors (Lipinski definition) is 3. The molecule has 0 aliphatic rings. The minimum absolute atomic E-state index is 0.0929. The quantitative estimate of drug-likeness (QED) is 0.745. The van der Waals surface area contributed by atoms with Gasteiger partial charge in [-0.1, -0.05) is 52.8 Å². The van der Waals surface area contributed by atoms with Crippen LogP contribution >= 0.6 is 0 Å². The molecule has 0 unspecified atom stereocenters. The standard InChI is InChI=1S/C21H29NO3S/c1-7-15(2)16-8-11-18(12-9-16)26(23,24)22-19-14-17(21(3,4)5)10-13-20(19)25-6/h8-15,22H,7H2,1-6H3/t15-/m1/s1. The van der Waals surface area contributed by atoms with Gasteiger partial charge >= 0.3 is 0 Å². The number of anilines is 1. The van der Waals surface area contributed by atoms with Crippen LogP contribution in [0.2, 0.25) is 0 Å². The fourth-order valence-corrected chi connectivity index (χ4v) is 3.73. The molecule has 5 heteroatoms. The van der Waals surface area contributed by atoms with Gasteiger partial charge in [0.25, 0.3) is 10.0 Å². The van der Waals surface area contributed by atoms with E-state index >= 15 is 0 Å². The van der Waals surface area contributed by atoms with Crippen LogP contribution in [-0.2, 0) is 15.4 Å². The first-order valence-corrected chi connectivity index (χ1v) is 10.4. The number of sulfonamides is 1. The first-order valence-electron chi connectivity index (χ1n) is 8.89. The summed E-state index contributed by atoms with van der Waals surface area (Å²) < 4.78 is 33.6. The smallest absolute Gasteiger partial charge is 0.262 e. The number of methoxy groups -OCH3 is 1. The van der Waals surface area contributed by atoms with E-state index in [1.54, 1.807) is 18.2 Å². The van der Waals surface area contributed by atoms with Gasteiger partial charge < -0.3 is 4.74 Å². The summed E-state index contributed by atoms with van der Waals surface area (Å²) >= 11 is 0. The normalized spacial score (nSPS) is 13.3. The molecule has 0 fully saturated rings. The zero-order valence-corrected chi connectivity index (χ0v) is 17.3. The second-order valence-electron chi connectivity index (χ2n) is 7.65. The van der Waals surface area contributed by atoms with E-state index in [1.165, 1.54) is 7.11 Å². The van der Waals surface area contributed by atoms with Crippen LogP contribution in [0.25, 0.3) is 0 Å². The van der Waals surface area contributed by atoms with Crippen LogP contribution in [0, 0.1) is 0 Å². The fraction of sp³-hybridized carbons (Fsp3) is 0.429. The predicted octanol–water partition coefficient (Wildman–Crippen LogP) is 5.31. The predicted molar refractivity (Wildman–Crippen MR) is 108 cm³/mol. The van der Waals surface area contributed by atoms with Crippen LogP contribution < -0.4 is 9.46 Å². The Morgan fingerprint density at radius 2 is 1.69 bits per heavy atom. The van der Waals surface area contributed by atoms with Crippen LogP contribution in [0.5, 0.6) is 5.75 Å². The summed E-state index contributed by atoms with van der Waals surface area (Å²) in [5.74, 6) is 0.904. The third-order valence-corrected chi connectivity index (χ3v) is 6.06. The lowest BCUT2D eigenvalue weighted by Gasteiger charge is -2.21. The average molecular weight is 376 g/mol. The maximum atomic E-state index is 12.8. The largest absolute Gasteiger partial charge is 0.495 e. The lowest BCUT2D eigenvalue weighted by Crippen LogP contribution is -2.16. The molecule has 0 amide bonds. The Labute approximate surface area is 157 Å². The molecule has 4 nitrogen and oxygen atoms in total. The van der Waals surface area contributed by atoms with Gasteiger partial charge in [0.05, 0.1) is 17.7 Å². The Hall–Kier alpha value is -2.01. The Kier molecular flexibility index (Phi) is 6.02. The van der Waals surface area contributed by atoms with Gasteiger partial charge in [-0.2, -0.15) is 0 Å². The monoisotopic (exact) mass is 375 g/mol. The van der Waals surface area contributed by atoms with Crippen molar-refractivity contribution in [1.82, 2.24) is 0 Å². The molecule has 0 radical (unpaired) electrons. The summed E-state index contributed by atoms with van der Waals surface area (Å²) in [7, 11) is -2.15. The van der Waals surface area contributed by atoms with Gasteiger partial charge in [0.15, 0.2) is 0 Å². The van der Waals surface area contributed by atoms with Crippen molar-refractivity contribution in [2.24, 2.45) is 0 Å². The van der Waals surface area contributed by atoms with E-state index in [1.807, 2.05) is 24.3 Å². The molecular weight excluding hydrogens is 346 g/mol. The summed E-state index contributed by atoms with van der Waals surface area (Å²) in [6.45, 7) is 10.5. The number of hydrogen-bond donors (Lipinski definition) is 1. The summed E-state index contributed by atoms with van der Waals surface area (Å²) in [5, 5.41) is 0. The van der Waals surface area contributed by atoms with Crippen molar-refractivity contribution < 1.29 is 13.2 Å². The molecule has 142 valence electrons. The molecule has 2 rings (SSSR count). The Morgan fingerprint density at radius 3 is 2.19 bits per heavy atom. The minimum atomic E-state index is -3.69. The molecule has 26 heavy (non-hydrogen) atoms. The van der Waals surface area contributed by atoms with Gasteiger partial charge in [-0.05, 0) is 53.1 Å². The van der Waals surface area contributed by atoms with Crippen molar-refractivity contribution >= 4 is 15.7 Å². The first-order chi connectivity index (χ1) is 12.1. The Bertz CT molecular complexity index is 850. The molecule has 1 N–H and O–H groups in total. The van der Waals surface area contributed by atoms with Crippen LogP contribution in [0.3, 0.4) is 0 Å². The second-order valence-corrected chi connectivity index (χ2v) is 9.33. The highest BCUT2D eigenvalue weighted by atomic mass is 32.2. The zero-order valence-electron chi connectivity index (χ0n) is 16.5. The van der Waals surface area contributed by atoms with E-state index < -0.39 is 10.0 Å². The van der Waals surface area contributed by atoms with Gasteiger partial charge in [0.1, 0.15) is 5.75 Å². The molecule has 0 aliphatic heterocycles. The van der Waals surface area contributed by atoms with E-state index in [2.05, 4.69) is 39.3 Å². The lowest BCUT2D eigenvalue weighted by molar-refractivity contribution is 0.416. The molecule has 0 saturated carbocycles. The van der Waals surface area contributed by atoms with Gasteiger partial charge in [-0.15, -0.1) is 0 Å². The average Bonchev–Trinajstić information content (AvgIpc) is 2.60. The third kappa shape index (κ3) is 4.58. The molecule has 0 saturated heterocycles. The number of nitrogens with one attached hydrogen (secondary N) is 1. The Morgan fingerprint density at radius 1 is 1.08 bits per heavy atom. The molecule has 0 aromatic heterocycles. The maximum Gasteiger partial charge on any atom is 0.262 e. The van der Waals surface area contributed by atoms with Gasteiger partial charge in [-0.3, -0.25) is 4.72 Å². The van der Waals surface area contributed by atoms with Crippen LogP contribution in [0.1, 0.15) is 58.1 Å². The van der Waals surface area contributed by atoms with E-state index in [-0.39, 0.29) is 10.3 Å². The summed E-state index contributed by atoms with van der Waals surface area (Å²) in [4.78, 5) is 0.243. The van der Waals surface area contributed by atoms with Gasteiger partial charge in [0, 0.05) is 0 Å². The van der Waals surface area contributed by atoms with Crippen molar-refractivity contribution in [3.8, 4) is 5.75 Å². The van der Waals surface area contributed by atoms with Crippen molar-refractivity contribution in [1.29, 1.82) is 0 Å². The fourth-order valence-electron chi connectivity index (χ4n) is 2.67. The molecule has 2 aromatic rings. The minimum Gasteiger partial charge on any atom is -0.495 e. The highest BCUT2D eigenvalue weighted by Crippen LogP contribution is 2.33. The molecule has 2 aromatic carbocycles. The highest BCUT2D eigenvalue weighted by molar-refractivity contribution is 7.92. The van der Waals surface area contributed by atoms with Gasteiger partial charge in [-0.25, -0.2) is 8.42 Å². The summed E-state index contributed by atoms with van der Waals surface area (Å²) in [6.07, 6.45) is 1.02. The van der Waals surface area contributed by atoms with Gasteiger partial charge in [0.2, 0.25) is 0 Å². The molecule has 0 heterocycles. The Balaban J connectivity index is 2.37. The van der Waals surface area contributed by atoms with Crippen molar-refractivity contribution in [3.05, 3.63) is 53.6 Å². The zero-order chi connectivity index (χ0) is 19.5. The third-order valence-electron chi connectivity index (χ3n) is 4.68. The van der Waals surface area contributed by atoms with E-state index in [4.69, 9.17) is 4.74 Å². The topological polar surface area (TPSA) is 55.4 Å². The number of rotatable bonds is 6. The van der Waals surface area contributed by atoms with Crippen LogP contribution in [-0.4, -0.2) is 15.5 Å². The number of benzene rings is 2. The number of ether oxygens (including phenoxy) is 1. The summed E-state index contributed by atoms with van der Waals surface area (Å²) in [6, 6.07) is 12.7. The van der Waals surface area contributed by atoms with Crippen molar-refractivity contribution in [3.63, 3.8) is 0 Å². The first kappa shape index (κ1) is 20.3. The summed E-state index contributed by atoms with van der Waals surface area (Å²) in [5.41, 5.74) is 2.53.